The Labute approximate surface area is 153 Å². The van der Waals surface area contributed by atoms with E-state index < -0.39 is 24.1 Å². The van der Waals surface area contributed by atoms with Crippen LogP contribution in [0.15, 0.2) is 36.4 Å². The van der Waals surface area contributed by atoms with Crippen LogP contribution in [-0.4, -0.2) is 18.3 Å². The molecule has 2 aromatic rings. The zero-order chi connectivity index (χ0) is 19.1. The van der Waals surface area contributed by atoms with Crippen molar-refractivity contribution in [1.29, 1.82) is 0 Å². The molecule has 0 bridgehead atoms. The van der Waals surface area contributed by atoms with Crippen molar-refractivity contribution in [2.45, 2.75) is 52.4 Å². The average molecular weight is 360 g/mol. The molecule has 3 rings (SSSR count). The summed E-state index contributed by atoms with van der Waals surface area (Å²) in [7, 11) is -0.661. The third-order valence-electron chi connectivity index (χ3n) is 5.12. The zero-order valence-corrected chi connectivity index (χ0v) is 15.7. The molecule has 1 saturated heterocycles. The first-order chi connectivity index (χ1) is 12.1. The number of ether oxygens (including phenoxy) is 1. The van der Waals surface area contributed by atoms with Crippen molar-refractivity contribution in [2.75, 3.05) is 0 Å². The van der Waals surface area contributed by atoms with Crippen molar-refractivity contribution in [3.63, 3.8) is 0 Å². The first-order valence-electron chi connectivity index (χ1n) is 8.61. The highest BCUT2D eigenvalue weighted by molar-refractivity contribution is 6.62. The van der Waals surface area contributed by atoms with Crippen molar-refractivity contribution in [3.05, 3.63) is 59.2 Å². The highest BCUT2D eigenvalue weighted by Crippen LogP contribution is 2.36. The molecule has 0 amide bonds. The third-order valence-corrected chi connectivity index (χ3v) is 5.12. The molecule has 1 fully saturated rings. The second-order valence-corrected chi connectivity index (χ2v) is 7.67. The number of aryl methyl sites for hydroxylation is 1. The average Bonchev–Trinajstić information content (AvgIpc) is 2.74. The number of benzene rings is 2. The van der Waals surface area contributed by atoms with E-state index in [0.717, 1.165) is 11.1 Å². The van der Waals surface area contributed by atoms with E-state index in [1.54, 1.807) is 12.1 Å². The second-order valence-electron chi connectivity index (χ2n) is 7.67. The number of hydrogen-bond donors (Lipinski definition) is 0. The van der Waals surface area contributed by atoms with E-state index in [9.17, 15) is 8.78 Å². The van der Waals surface area contributed by atoms with Crippen molar-refractivity contribution in [3.8, 4) is 5.75 Å². The molecule has 138 valence electrons. The monoisotopic (exact) mass is 360 g/mol. The minimum absolute atomic E-state index is 0.221. The maximum Gasteiger partial charge on any atom is 0.495 e. The van der Waals surface area contributed by atoms with E-state index >= 15 is 0 Å². The zero-order valence-electron chi connectivity index (χ0n) is 15.7. The summed E-state index contributed by atoms with van der Waals surface area (Å²) in [5.41, 5.74) is 1.18. The van der Waals surface area contributed by atoms with Crippen molar-refractivity contribution in [2.24, 2.45) is 0 Å². The fourth-order valence-electron chi connectivity index (χ4n) is 2.77. The Kier molecular flexibility index (Phi) is 4.84. The van der Waals surface area contributed by atoms with E-state index in [4.69, 9.17) is 14.0 Å². The lowest BCUT2D eigenvalue weighted by Gasteiger charge is -2.32. The summed E-state index contributed by atoms with van der Waals surface area (Å²) in [6, 6.07) is 8.90. The molecule has 6 heteroatoms. The lowest BCUT2D eigenvalue weighted by molar-refractivity contribution is 0.00578. The van der Waals surface area contributed by atoms with E-state index in [1.807, 2.05) is 34.6 Å². The van der Waals surface area contributed by atoms with Gasteiger partial charge in [-0.25, -0.2) is 8.78 Å². The molecule has 0 saturated carbocycles. The van der Waals surface area contributed by atoms with Gasteiger partial charge in [0.15, 0.2) is 0 Å². The van der Waals surface area contributed by atoms with Gasteiger partial charge in [0.2, 0.25) is 0 Å². The van der Waals surface area contributed by atoms with E-state index in [2.05, 4.69) is 0 Å². The SMILES string of the molecule is Cc1cc(F)ccc1COc1cc(F)cc(B2OC(C)(C)C(C)(C)O2)c1. The summed E-state index contributed by atoms with van der Waals surface area (Å²) in [5, 5.41) is 0. The Bertz CT molecular complexity index is 805. The van der Waals surface area contributed by atoms with Gasteiger partial charge in [0.25, 0.3) is 0 Å². The van der Waals surface area contributed by atoms with Crippen LogP contribution in [0.2, 0.25) is 0 Å². The largest absolute Gasteiger partial charge is 0.495 e. The molecule has 26 heavy (non-hydrogen) atoms. The molecule has 1 aliphatic rings. The Morgan fingerprint density at radius 3 is 2.19 bits per heavy atom. The maximum atomic E-state index is 14.1. The van der Waals surface area contributed by atoms with Gasteiger partial charge in [-0.05, 0) is 75.5 Å². The van der Waals surface area contributed by atoms with Gasteiger partial charge in [-0.15, -0.1) is 0 Å². The minimum Gasteiger partial charge on any atom is -0.489 e. The Morgan fingerprint density at radius 2 is 1.58 bits per heavy atom. The summed E-state index contributed by atoms with van der Waals surface area (Å²) in [6.45, 7) is 9.81. The molecular weight excluding hydrogens is 337 g/mol. The van der Waals surface area contributed by atoms with Crippen molar-refractivity contribution >= 4 is 12.6 Å². The summed E-state index contributed by atoms with van der Waals surface area (Å²) in [5.74, 6) is -0.346. The van der Waals surface area contributed by atoms with E-state index in [1.165, 1.54) is 24.3 Å². The smallest absolute Gasteiger partial charge is 0.489 e. The first-order valence-corrected chi connectivity index (χ1v) is 8.61. The standard InChI is InChI=1S/C20H23BF2O3/c1-13-8-16(22)7-6-14(13)12-24-18-10-15(9-17(23)11-18)21-25-19(2,3)20(4,5)26-21/h6-11H,12H2,1-5H3. The lowest BCUT2D eigenvalue weighted by Crippen LogP contribution is -2.41. The molecule has 0 spiro atoms. The molecule has 0 aromatic heterocycles. The molecule has 0 N–H and O–H groups in total. The number of hydrogen-bond acceptors (Lipinski definition) is 3. The Morgan fingerprint density at radius 1 is 0.923 bits per heavy atom. The van der Waals surface area contributed by atoms with E-state index in [-0.39, 0.29) is 12.4 Å². The van der Waals surface area contributed by atoms with Gasteiger partial charge in [-0.3, -0.25) is 0 Å². The topological polar surface area (TPSA) is 27.7 Å². The van der Waals surface area contributed by atoms with Gasteiger partial charge < -0.3 is 14.0 Å². The van der Waals surface area contributed by atoms with Gasteiger partial charge in [-0.1, -0.05) is 6.07 Å². The van der Waals surface area contributed by atoms with Crippen molar-refractivity contribution in [1.82, 2.24) is 0 Å². The van der Waals surface area contributed by atoms with Crippen LogP contribution in [0.5, 0.6) is 5.75 Å². The van der Waals surface area contributed by atoms with Crippen LogP contribution in [0.3, 0.4) is 0 Å². The normalized spacial score (nSPS) is 18.2. The maximum absolute atomic E-state index is 14.1. The Hall–Kier alpha value is -1.92. The van der Waals surface area contributed by atoms with Crippen LogP contribution < -0.4 is 10.2 Å². The predicted molar refractivity (Wildman–Crippen MR) is 97.6 cm³/mol. The fraction of sp³-hybridized carbons (Fsp3) is 0.400. The molecule has 0 aliphatic carbocycles. The van der Waals surface area contributed by atoms with Crippen LogP contribution in [0.25, 0.3) is 0 Å². The molecule has 0 unspecified atom stereocenters. The summed E-state index contributed by atoms with van der Waals surface area (Å²) in [4.78, 5) is 0. The molecule has 1 aliphatic heterocycles. The summed E-state index contributed by atoms with van der Waals surface area (Å²) < 4.78 is 44.9. The van der Waals surface area contributed by atoms with Gasteiger partial charge >= 0.3 is 7.12 Å². The molecule has 3 nitrogen and oxygen atoms in total. The third kappa shape index (κ3) is 3.76. The van der Waals surface area contributed by atoms with Crippen LogP contribution >= 0.6 is 0 Å². The summed E-state index contributed by atoms with van der Waals surface area (Å²) >= 11 is 0. The molecular formula is C20H23BF2O3. The summed E-state index contributed by atoms with van der Waals surface area (Å²) in [6.07, 6.45) is 0. The van der Waals surface area contributed by atoms with Crippen LogP contribution in [0, 0.1) is 18.6 Å². The highest BCUT2D eigenvalue weighted by Gasteiger charge is 2.51. The number of halogens is 2. The second kappa shape index (κ2) is 6.67. The lowest BCUT2D eigenvalue weighted by atomic mass is 9.79. The minimum atomic E-state index is -0.661. The van der Waals surface area contributed by atoms with E-state index in [0.29, 0.717) is 11.2 Å². The first kappa shape index (κ1) is 18.9. The van der Waals surface area contributed by atoms with Crippen molar-refractivity contribution < 1.29 is 22.8 Å². The quantitative estimate of drug-likeness (QED) is 0.767. The number of rotatable bonds is 4. The molecule has 0 radical (unpaired) electrons. The molecule has 2 aromatic carbocycles. The Balaban J connectivity index is 1.78. The van der Waals surface area contributed by atoms with Crippen LogP contribution in [0.1, 0.15) is 38.8 Å². The molecule has 0 atom stereocenters. The van der Waals surface area contributed by atoms with Crippen LogP contribution in [-0.2, 0) is 15.9 Å². The fourth-order valence-corrected chi connectivity index (χ4v) is 2.77. The van der Waals surface area contributed by atoms with Crippen LogP contribution in [0.4, 0.5) is 8.78 Å². The van der Waals surface area contributed by atoms with Gasteiger partial charge in [0, 0.05) is 6.07 Å². The van der Waals surface area contributed by atoms with Gasteiger partial charge in [-0.2, -0.15) is 0 Å². The predicted octanol–water partition coefficient (Wildman–Crippen LogP) is 4.15. The van der Waals surface area contributed by atoms with Gasteiger partial charge in [0.1, 0.15) is 24.0 Å². The highest BCUT2D eigenvalue weighted by atomic mass is 19.1. The van der Waals surface area contributed by atoms with Gasteiger partial charge in [0.05, 0.1) is 11.2 Å². The molecule has 1 heterocycles.